The highest BCUT2D eigenvalue weighted by atomic mass is 127. The number of carbonyl (C=O) groups is 1. The number of rotatable bonds is 10. The number of nitrogens with zero attached hydrogens (tertiary/aromatic N) is 2. The van der Waals surface area contributed by atoms with E-state index >= 15 is 0 Å². The maximum absolute atomic E-state index is 11.9. The van der Waals surface area contributed by atoms with Gasteiger partial charge in [-0.2, -0.15) is 0 Å². The Morgan fingerprint density at radius 1 is 0.929 bits per heavy atom. The molecule has 0 unspecified atom stereocenters. The summed E-state index contributed by atoms with van der Waals surface area (Å²) in [7, 11) is 1.93. The molecular weight excluding hydrogens is 463 g/mol. The number of benzene rings is 1. The van der Waals surface area contributed by atoms with Gasteiger partial charge in [-0.05, 0) is 30.4 Å². The van der Waals surface area contributed by atoms with Crippen LogP contribution in [0.2, 0.25) is 0 Å². The SMILES string of the molecule is C[n+]1ccc(C(=O)OCCCCCCCCn2ccc3ccccc32)cc1.[I-]. The van der Waals surface area contributed by atoms with Gasteiger partial charge in [-0.15, -0.1) is 0 Å². The van der Waals surface area contributed by atoms with Crippen molar-refractivity contribution in [2.24, 2.45) is 7.05 Å². The monoisotopic (exact) mass is 492 g/mol. The van der Waals surface area contributed by atoms with Crippen molar-refractivity contribution < 1.29 is 38.1 Å². The Kier molecular flexibility index (Phi) is 9.47. The average molecular weight is 492 g/mol. The summed E-state index contributed by atoms with van der Waals surface area (Å²) in [5.41, 5.74) is 1.94. The summed E-state index contributed by atoms with van der Waals surface area (Å²) in [4.78, 5) is 11.9. The second-order valence-electron chi connectivity index (χ2n) is 7.08. The van der Waals surface area contributed by atoms with E-state index in [0.29, 0.717) is 12.2 Å². The summed E-state index contributed by atoms with van der Waals surface area (Å²) < 4.78 is 9.58. The smallest absolute Gasteiger partial charge is 0.338 e. The number of unbranched alkanes of at least 4 members (excludes halogenated alkanes) is 5. The van der Waals surface area contributed by atoms with Crippen LogP contribution in [-0.2, 0) is 18.3 Å². The Labute approximate surface area is 184 Å². The van der Waals surface area contributed by atoms with Crippen LogP contribution in [-0.4, -0.2) is 17.1 Å². The molecule has 0 spiro atoms. The molecular formula is C23H29IN2O2. The van der Waals surface area contributed by atoms with Crippen molar-refractivity contribution in [1.82, 2.24) is 4.57 Å². The highest BCUT2D eigenvalue weighted by Crippen LogP contribution is 2.16. The van der Waals surface area contributed by atoms with E-state index in [2.05, 4.69) is 41.1 Å². The third-order valence-electron chi connectivity index (χ3n) is 4.92. The van der Waals surface area contributed by atoms with Gasteiger partial charge in [0.05, 0.1) is 12.2 Å². The lowest BCUT2D eigenvalue weighted by Gasteiger charge is -2.06. The molecule has 150 valence electrons. The van der Waals surface area contributed by atoms with Crippen LogP contribution in [0.15, 0.2) is 61.1 Å². The molecule has 2 heterocycles. The van der Waals surface area contributed by atoms with Crippen molar-refractivity contribution in [3.05, 3.63) is 66.6 Å². The summed E-state index contributed by atoms with van der Waals surface area (Å²) in [5.74, 6) is -0.227. The number of hydrogen-bond donors (Lipinski definition) is 0. The molecule has 28 heavy (non-hydrogen) atoms. The van der Waals surface area contributed by atoms with Gasteiger partial charge in [-0.1, -0.05) is 43.9 Å². The first-order chi connectivity index (χ1) is 13.2. The molecule has 0 amide bonds. The van der Waals surface area contributed by atoms with E-state index in [0.717, 1.165) is 19.4 Å². The molecule has 3 rings (SSSR count). The van der Waals surface area contributed by atoms with Crippen LogP contribution in [0.4, 0.5) is 0 Å². The lowest BCUT2D eigenvalue weighted by atomic mass is 10.1. The van der Waals surface area contributed by atoms with E-state index in [1.54, 1.807) is 12.1 Å². The molecule has 4 nitrogen and oxygen atoms in total. The fourth-order valence-electron chi connectivity index (χ4n) is 3.31. The van der Waals surface area contributed by atoms with Gasteiger partial charge < -0.3 is 33.3 Å². The Morgan fingerprint density at radius 3 is 2.39 bits per heavy atom. The molecule has 0 radical (unpaired) electrons. The maximum Gasteiger partial charge on any atom is 0.338 e. The molecule has 0 atom stereocenters. The van der Waals surface area contributed by atoms with Gasteiger partial charge in [0.15, 0.2) is 12.4 Å². The van der Waals surface area contributed by atoms with Crippen molar-refractivity contribution in [3.8, 4) is 0 Å². The molecule has 0 saturated heterocycles. The van der Waals surface area contributed by atoms with Gasteiger partial charge in [0.1, 0.15) is 7.05 Å². The largest absolute Gasteiger partial charge is 1.00 e. The highest BCUT2D eigenvalue weighted by molar-refractivity contribution is 5.89. The molecule has 3 aromatic rings. The van der Waals surface area contributed by atoms with E-state index in [1.165, 1.54) is 36.6 Å². The van der Waals surface area contributed by atoms with Crippen LogP contribution in [0.5, 0.6) is 0 Å². The van der Waals surface area contributed by atoms with Crippen LogP contribution in [0.25, 0.3) is 10.9 Å². The molecule has 0 aliphatic carbocycles. The predicted octanol–water partition coefficient (Wildman–Crippen LogP) is 1.67. The number of hydrogen-bond acceptors (Lipinski definition) is 2. The second-order valence-corrected chi connectivity index (χ2v) is 7.08. The van der Waals surface area contributed by atoms with Crippen LogP contribution in [0.1, 0.15) is 48.9 Å². The minimum atomic E-state index is -0.227. The topological polar surface area (TPSA) is 35.1 Å². The van der Waals surface area contributed by atoms with Crippen LogP contribution in [0.3, 0.4) is 0 Å². The van der Waals surface area contributed by atoms with Crippen LogP contribution < -0.4 is 28.5 Å². The van der Waals surface area contributed by atoms with E-state index in [1.807, 2.05) is 24.0 Å². The molecule has 0 aliphatic heterocycles. The summed E-state index contributed by atoms with van der Waals surface area (Å²) in [6, 6.07) is 14.3. The highest BCUT2D eigenvalue weighted by Gasteiger charge is 2.08. The van der Waals surface area contributed by atoms with E-state index in [4.69, 9.17) is 4.74 Å². The van der Waals surface area contributed by atoms with Crippen LogP contribution >= 0.6 is 0 Å². The first-order valence-corrected chi connectivity index (χ1v) is 9.90. The van der Waals surface area contributed by atoms with E-state index in [-0.39, 0.29) is 29.9 Å². The van der Waals surface area contributed by atoms with Gasteiger partial charge in [0.2, 0.25) is 0 Å². The Morgan fingerprint density at radius 2 is 1.61 bits per heavy atom. The normalized spacial score (nSPS) is 10.6. The van der Waals surface area contributed by atoms with Crippen molar-refractivity contribution in [1.29, 1.82) is 0 Å². The fraction of sp³-hybridized carbons (Fsp3) is 0.391. The minimum absolute atomic E-state index is 0. The van der Waals surface area contributed by atoms with Crippen molar-refractivity contribution in [2.75, 3.05) is 6.61 Å². The zero-order valence-electron chi connectivity index (χ0n) is 16.5. The maximum atomic E-state index is 11.9. The van der Waals surface area contributed by atoms with Crippen molar-refractivity contribution >= 4 is 16.9 Å². The zero-order valence-corrected chi connectivity index (χ0v) is 18.7. The fourth-order valence-corrected chi connectivity index (χ4v) is 3.31. The zero-order chi connectivity index (χ0) is 18.9. The van der Waals surface area contributed by atoms with Crippen molar-refractivity contribution in [3.63, 3.8) is 0 Å². The lowest BCUT2D eigenvalue weighted by Crippen LogP contribution is -3.00. The number of carbonyl (C=O) groups excluding carboxylic acids is 1. The molecule has 0 N–H and O–H groups in total. The standard InChI is InChI=1S/C23H29N2O2.HI/c1-24-16-12-21(13-17-24)23(26)27-19-9-5-3-2-4-8-15-25-18-14-20-10-6-7-11-22(20)25;/h6-7,10-14,16-18H,2-5,8-9,15,19H2,1H3;1H/q+1;/p-1. The molecule has 0 aliphatic rings. The van der Waals surface area contributed by atoms with Gasteiger partial charge >= 0.3 is 5.97 Å². The van der Waals surface area contributed by atoms with Gasteiger partial charge in [0.25, 0.3) is 0 Å². The predicted molar refractivity (Wildman–Crippen MR) is 108 cm³/mol. The van der Waals surface area contributed by atoms with Gasteiger partial charge in [0, 0.05) is 30.4 Å². The second kappa shape index (κ2) is 11.8. The number of halogens is 1. The van der Waals surface area contributed by atoms with Crippen molar-refractivity contribution in [2.45, 2.75) is 45.1 Å². The number of esters is 1. The summed E-state index contributed by atoms with van der Waals surface area (Å²) in [6.07, 6.45) is 12.8. The van der Waals surface area contributed by atoms with E-state index in [9.17, 15) is 4.79 Å². The molecule has 1 aromatic carbocycles. The minimum Gasteiger partial charge on any atom is -1.00 e. The first kappa shape index (κ1) is 22.4. The third kappa shape index (κ3) is 6.62. The van der Waals surface area contributed by atoms with E-state index < -0.39 is 0 Å². The average Bonchev–Trinajstić information content (AvgIpc) is 3.10. The molecule has 2 aromatic heterocycles. The first-order valence-electron chi connectivity index (χ1n) is 9.90. The summed E-state index contributed by atoms with van der Waals surface area (Å²) in [6.45, 7) is 1.59. The molecule has 0 bridgehead atoms. The number of aryl methyl sites for hydroxylation is 2. The number of fused-ring (bicyclic) bond motifs is 1. The molecule has 0 fully saturated rings. The molecule has 5 heteroatoms. The Balaban J connectivity index is 0.00000280. The molecule has 0 saturated carbocycles. The van der Waals surface area contributed by atoms with Gasteiger partial charge in [-0.25, -0.2) is 9.36 Å². The Bertz CT molecular complexity index is 858. The number of aromatic nitrogens is 2. The van der Waals surface area contributed by atoms with Gasteiger partial charge in [-0.3, -0.25) is 0 Å². The third-order valence-corrected chi connectivity index (χ3v) is 4.92. The quantitative estimate of drug-likeness (QED) is 0.187. The number of para-hydroxylation sites is 1. The number of pyridine rings is 1. The summed E-state index contributed by atoms with van der Waals surface area (Å²) >= 11 is 0. The van der Waals surface area contributed by atoms with Crippen LogP contribution in [0, 0.1) is 0 Å². The lowest BCUT2D eigenvalue weighted by molar-refractivity contribution is -0.671. The summed E-state index contributed by atoms with van der Waals surface area (Å²) in [5, 5.41) is 1.32. The Hall–Kier alpha value is -1.89. The number of ether oxygens (including phenoxy) is 1.